The van der Waals surface area contributed by atoms with Crippen LogP contribution in [0.5, 0.6) is 0 Å². The van der Waals surface area contributed by atoms with E-state index in [0.29, 0.717) is 11.1 Å². The van der Waals surface area contributed by atoms with Crippen LogP contribution in [0.25, 0.3) is 34.0 Å². The van der Waals surface area contributed by atoms with Crippen LogP contribution in [-0.2, 0) is 12.8 Å². The molecular formula is C24H19F3N2O2. The fourth-order valence-corrected chi connectivity index (χ4v) is 3.49. The smallest absolute Gasteiger partial charge is 0.392 e. The van der Waals surface area contributed by atoms with Crippen molar-refractivity contribution < 1.29 is 22.8 Å². The quantitative estimate of drug-likeness (QED) is 0.424. The van der Waals surface area contributed by atoms with Crippen LogP contribution in [0.2, 0.25) is 0 Å². The van der Waals surface area contributed by atoms with Crippen LogP contribution in [0.1, 0.15) is 22.3 Å². The summed E-state index contributed by atoms with van der Waals surface area (Å²) in [6, 6.07) is 16.2. The van der Waals surface area contributed by atoms with Crippen molar-refractivity contribution in [3.63, 3.8) is 0 Å². The van der Waals surface area contributed by atoms with Gasteiger partial charge in [-0.1, -0.05) is 47.6 Å². The third kappa shape index (κ3) is 4.09. The predicted octanol–water partition coefficient (Wildman–Crippen LogP) is 6.20. The average Bonchev–Trinajstić information content (AvgIpc) is 3.23. The molecule has 1 N–H and O–H groups in total. The summed E-state index contributed by atoms with van der Waals surface area (Å²) < 4.78 is 46.8. The first-order valence-corrected chi connectivity index (χ1v) is 9.60. The van der Waals surface area contributed by atoms with Gasteiger partial charge in [0.1, 0.15) is 0 Å². The Balaban J connectivity index is 1.76. The standard InChI is InChI=1S/C24H19F3N2O2/c1-14-5-3-4-6-19(14)20-10-9-17(12-21(20)24(25,26)27)23-28-22(29-31-23)16-7-8-18(13-30)15(2)11-16/h3-12,30H,13H2,1-2H3. The predicted molar refractivity (Wildman–Crippen MR) is 111 cm³/mol. The maximum atomic E-state index is 13.9. The first-order chi connectivity index (χ1) is 14.8. The van der Waals surface area contributed by atoms with Crippen molar-refractivity contribution >= 4 is 0 Å². The lowest BCUT2D eigenvalue weighted by molar-refractivity contribution is -0.137. The largest absolute Gasteiger partial charge is 0.417 e. The molecule has 0 saturated carbocycles. The minimum absolute atomic E-state index is 0.000668. The summed E-state index contributed by atoms with van der Waals surface area (Å²) >= 11 is 0. The Labute approximate surface area is 177 Å². The Morgan fingerprint density at radius 3 is 2.29 bits per heavy atom. The number of aryl methyl sites for hydroxylation is 2. The molecule has 3 aromatic carbocycles. The van der Waals surface area contributed by atoms with Crippen molar-refractivity contribution in [1.82, 2.24) is 10.1 Å². The third-order valence-electron chi connectivity index (χ3n) is 5.20. The van der Waals surface area contributed by atoms with Gasteiger partial charge in [0.2, 0.25) is 5.82 Å². The highest BCUT2D eigenvalue weighted by atomic mass is 19.4. The molecule has 158 valence electrons. The number of benzene rings is 3. The number of rotatable bonds is 4. The topological polar surface area (TPSA) is 59.2 Å². The molecule has 0 unspecified atom stereocenters. The second kappa shape index (κ2) is 8.00. The summed E-state index contributed by atoms with van der Waals surface area (Å²) in [4.78, 5) is 4.28. The van der Waals surface area contributed by atoms with Gasteiger partial charge >= 0.3 is 6.18 Å². The van der Waals surface area contributed by atoms with Crippen LogP contribution >= 0.6 is 0 Å². The summed E-state index contributed by atoms with van der Waals surface area (Å²) in [6.07, 6.45) is -4.55. The lowest BCUT2D eigenvalue weighted by Gasteiger charge is -2.15. The van der Waals surface area contributed by atoms with Crippen molar-refractivity contribution in [1.29, 1.82) is 0 Å². The zero-order valence-electron chi connectivity index (χ0n) is 16.9. The highest BCUT2D eigenvalue weighted by Crippen LogP contribution is 2.40. The summed E-state index contributed by atoms with van der Waals surface area (Å²) in [5.41, 5.74) is 3.08. The first-order valence-electron chi connectivity index (χ1n) is 9.60. The van der Waals surface area contributed by atoms with Gasteiger partial charge in [-0.3, -0.25) is 0 Å². The molecule has 0 amide bonds. The van der Waals surface area contributed by atoms with Crippen molar-refractivity contribution in [2.24, 2.45) is 0 Å². The Bertz CT molecular complexity index is 1250. The fraction of sp³-hybridized carbons (Fsp3) is 0.167. The van der Waals surface area contributed by atoms with E-state index in [2.05, 4.69) is 10.1 Å². The van der Waals surface area contributed by atoms with Gasteiger partial charge < -0.3 is 9.63 Å². The summed E-state index contributed by atoms with van der Waals surface area (Å²) in [5, 5.41) is 13.2. The van der Waals surface area contributed by atoms with E-state index in [1.807, 2.05) is 6.92 Å². The van der Waals surface area contributed by atoms with E-state index >= 15 is 0 Å². The molecule has 0 fully saturated rings. The number of halogens is 3. The fourth-order valence-electron chi connectivity index (χ4n) is 3.49. The normalized spacial score (nSPS) is 11.7. The summed E-state index contributed by atoms with van der Waals surface area (Å²) in [7, 11) is 0. The van der Waals surface area contributed by atoms with E-state index in [9.17, 15) is 18.3 Å². The van der Waals surface area contributed by atoms with E-state index in [0.717, 1.165) is 22.8 Å². The maximum Gasteiger partial charge on any atom is 0.417 e. The molecule has 0 radical (unpaired) electrons. The lowest BCUT2D eigenvalue weighted by atomic mass is 9.94. The minimum atomic E-state index is -4.55. The van der Waals surface area contributed by atoms with Gasteiger partial charge in [-0.15, -0.1) is 0 Å². The lowest BCUT2D eigenvalue weighted by Crippen LogP contribution is -2.08. The highest BCUT2D eigenvalue weighted by molar-refractivity contribution is 5.74. The van der Waals surface area contributed by atoms with Crippen molar-refractivity contribution in [3.8, 4) is 34.0 Å². The van der Waals surface area contributed by atoms with Gasteiger partial charge in [0.15, 0.2) is 0 Å². The second-order valence-electron chi connectivity index (χ2n) is 7.30. The highest BCUT2D eigenvalue weighted by Gasteiger charge is 2.34. The van der Waals surface area contributed by atoms with Gasteiger partial charge in [0, 0.05) is 11.1 Å². The minimum Gasteiger partial charge on any atom is -0.392 e. The first kappa shape index (κ1) is 20.8. The molecule has 0 atom stereocenters. The molecule has 31 heavy (non-hydrogen) atoms. The number of nitrogens with zero attached hydrogens (tertiary/aromatic N) is 2. The van der Waals surface area contributed by atoms with Gasteiger partial charge in [-0.05, 0) is 59.9 Å². The molecule has 0 bridgehead atoms. The third-order valence-corrected chi connectivity index (χ3v) is 5.20. The average molecular weight is 424 g/mol. The molecule has 4 nitrogen and oxygen atoms in total. The van der Waals surface area contributed by atoms with E-state index in [-0.39, 0.29) is 29.4 Å². The van der Waals surface area contributed by atoms with E-state index in [4.69, 9.17) is 4.52 Å². The number of aliphatic hydroxyl groups excluding tert-OH is 1. The van der Waals surface area contributed by atoms with Crippen molar-refractivity contribution in [2.45, 2.75) is 26.6 Å². The van der Waals surface area contributed by atoms with Crippen molar-refractivity contribution in [2.75, 3.05) is 0 Å². The number of hydrogen-bond acceptors (Lipinski definition) is 4. The molecule has 1 aromatic heterocycles. The summed E-state index contributed by atoms with van der Waals surface area (Å²) in [5.74, 6) is 0.264. The van der Waals surface area contributed by atoms with Crippen LogP contribution in [0.3, 0.4) is 0 Å². The zero-order valence-corrected chi connectivity index (χ0v) is 16.9. The Hall–Kier alpha value is -3.45. The Kier molecular flexibility index (Phi) is 5.37. The molecular weight excluding hydrogens is 405 g/mol. The SMILES string of the molecule is Cc1cc(-c2noc(-c3ccc(-c4ccccc4C)c(C(F)(F)F)c3)n2)ccc1CO. The Morgan fingerprint density at radius 2 is 1.61 bits per heavy atom. The van der Waals surface area contributed by atoms with E-state index < -0.39 is 11.7 Å². The van der Waals surface area contributed by atoms with Crippen LogP contribution < -0.4 is 0 Å². The van der Waals surface area contributed by atoms with Gasteiger partial charge in [0.05, 0.1) is 12.2 Å². The van der Waals surface area contributed by atoms with Crippen LogP contribution in [-0.4, -0.2) is 15.2 Å². The Morgan fingerprint density at radius 1 is 0.871 bits per heavy atom. The summed E-state index contributed by atoms with van der Waals surface area (Å²) in [6.45, 7) is 3.53. The number of aromatic nitrogens is 2. The monoisotopic (exact) mass is 424 g/mol. The molecule has 0 aliphatic heterocycles. The van der Waals surface area contributed by atoms with Gasteiger partial charge in [0.25, 0.3) is 5.89 Å². The molecule has 0 aliphatic carbocycles. The number of alkyl halides is 3. The molecule has 4 rings (SSSR count). The molecule has 1 heterocycles. The second-order valence-corrected chi connectivity index (χ2v) is 7.30. The molecule has 0 saturated heterocycles. The number of hydrogen-bond donors (Lipinski definition) is 1. The molecule has 0 spiro atoms. The van der Waals surface area contributed by atoms with Crippen LogP contribution in [0.15, 0.2) is 65.2 Å². The van der Waals surface area contributed by atoms with Crippen LogP contribution in [0, 0.1) is 13.8 Å². The van der Waals surface area contributed by atoms with Crippen LogP contribution in [0.4, 0.5) is 13.2 Å². The molecule has 4 aromatic rings. The van der Waals surface area contributed by atoms with E-state index in [1.165, 1.54) is 6.07 Å². The maximum absolute atomic E-state index is 13.9. The molecule has 7 heteroatoms. The van der Waals surface area contributed by atoms with Crippen molar-refractivity contribution in [3.05, 3.63) is 82.9 Å². The van der Waals surface area contributed by atoms with Gasteiger partial charge in [-0.25, -0.2) is 0 Å². The number of aliphatic hydroxyl groups is 1. The van der Waals surface area contributed by atoms with Gasteiger partial charge in [-0.2, -0.15) is 18.2 Å². The van der Waals surface area contributed by atoms with E-state index in [1.54, 1.807) is 55.5 Å². The zero-order chi connectivity index (χ0) is 22.2. The molecule has 0 aliphatic rings.